The van der Waals surface area contributed by atoms with Gasteiger partial charge in [-0.1, -0.05) is 40.5 Å². The average molecular weight is 471 g/mol. The van der Waals surface area contributed by atoms with E-state index < -0.39 is 0 Å². The van der Waals surface area contributed by atoms with Gasteiger partial charge in [0, 0.05) is 21.7 Å². The van der Waals surface area contributed by atoms with Crippen molar-refractivity contribution in [3.63, 3.8) is 0 Å². The largest absolute Gasteiger partial charge is 0.489 e. The van der Waals surface area contributed by atoms with Gasteiger partial charge in [0.1, 0.15) is 23.9 Å². The molecule has 0 unspecified atom stereocenters. The van der Waals surface area contributed by atoms with Gasteiger partial charge in [0.25, 0.3) is 5.91 Å². The van der Waals surface area contributed by atoms with Crippen LogP contribution < -0.4 is 10.1 Å². The fourth-order valence-corrected chi connectivity index (χ4v) is 3.62. The number of carbonyl (C=O) groups is 1. The van der Waals surface area contributed by atoms with Gasteiger partial charge in [-0.05, 0) is 49.7 Å². The van der Waals surface area contributed by atoms with Crippen LogP contribution in [0.15, 0.2) is 59.3 Å². The highest BCUT2D eigenvalue weighted by molar-refractivity contribution is 6.35. The second-order valence-electron chi connectivity index (χ2n) is 7.18. The van der Waals surface area contributed by atoms with Crippen LogP contribution in [0.3, 0.4) is 0 Å². The number of hydrogen-bond acceptors (Lipinski definition) is 5. The molecule has 164 valence electrons. The first kappa shape index (κ1) is 21.9. The molecule has 2 aromatic carbocycles. The van der Waals surface area contributed by atoms with Crippen molar-refractivity contribution in [2.75, 3.05) is 5.32 Å². The van der Waals surface area contributed by atoms with E-state index in [1.807, 2.05) is 19.9 Å². The van der Waals surface area contributed by atoms with Crippen molar-refractivity contribution in [3.8, 4) is 5.75 Å². The number of halogens is 2. The van der Waals surface area contributed by atoms with Crippen LogP contribution in [0, 0.1) is 13.8 Å². The van der Waals surface area contributed by atoms with E-state index in [0.717, 1.165) is 16.8 Å². The van der Waals surface area contributed by atoms with Gasteiger partial charge in [0.05, 0.1) is 24.0 Å². The predicted molar refractivity (Wildman–Crippen MR) is 122 cm³/mol. The molecule has 0 saturated heterocycles. The van der Waals surface area contributed by atoms with Gasteiger partial charge < -0.3 is 14.6 Å². The third kappa shape index (κ3) is 4.95. The molecule has 0 aliphatic rings. The summed E-state index contributed by atoms with van der Waals surface area (Å²) in [6, 6.07) is 14.0. The summed E-state index contributed by atoms with van der Waals surface area (Å²) in [5, 5.41) is 12.2. The Kier molecular flexibility index (Phi) is 6.48. The van der Waals surface area contributed by atoms with E-state index in [1.54, 1.807) is 53.3 Å². The number of benzene rings is 2. The smallest absolute Gasteiger partial charge is 0.256 e. The molecule has 0 aliphatic heterocycles. The molecule has 2 aromatic heterocycles. The standard InChI is InChI=1S/C23H20Cl2N4O3/c1-14-20(15(2)32-28-14)13-31-19-5-3-4-16(10-19)23(30)27-22-8-9-26-29(22)12-17-6-7-18(24)11-21(17)25/h3-11H,12-13H2,1-2H3,(H,27,30). The molecule has 2 heterocycles. The summed E-state index contributed by atoms with van der Waals surface area (Å²) in [6.45, 7) is 4.39. The topological polar surface area (TPSA) is 82.2 Å². The fraction of sp³-hybridized carbons (Fsp3) is 0.174. The Morgan fingerprint density at radius 3 is 2.75 bits per heavy atom. The van der Waals surface area contributed by atoms with Crippen LogP contribution in [0.2, 0.25) is 10.0 Å². The maximum atomic E-state index is 12.8. The Morgan fingerprint density at radius 2 is 2.00 bits per heavy atom. The van der Waals surface area contributed by atoms with E-state index >= 15 is 0 Å². The molecule has 9 heteroatoms. The summed E-state index contributed by atoms with van der Waals surface area (Å²) < 4.78 is 12.7. The number of hydrogen-bond donors (Lipinski definition) is 1. The van der Waals surface area contributed by atoms with Crippen molar-refractivity contribution < 1.29 is 14.1 Å². The Bertz CT molecular complexity index is 1250. The molecule has 0 radical (unpaired) electrons. The van der Waals surface area contributed by atoms with Gasteiger partial charge >= 0.3 is 0 Å². The summed E-state index contributed by atoms with van der Waals surface area (Å²) in [5.41, 5.74) is 2.97. The number of rotatable bonds is 7. The molecule has 1 N–H and O–H groups in total. The number of anilines is 1. The first-order valence-electron chi connectivity index (χ1n) is 9.82. The number of amides is 1. The van der Waals surface area contributed by atoms with Crippen LogP contribution in [-0.4, -0.2) is 20.8 Å². The molecule has 0 bridgehead atoms. The van der Waals surface area contributed by atoms with Crippen molar-refractivity contribution in [3.05, 3.63) is 92.9 Å². The number of ether oxygens (including phenoxy) is 1. The summed E-state index contributed by atoms with van der Waals surface area (Å²) in [4.78, 5) is 12.8. The molecule has 0 spiro atoms. The molecule has 0 aliphatic carbocycles. The number of carbonyl (C=O) groups excluding carboxylic acids is 1. The second kappa shape index (κ2) is 9.46. The highest BCUT2D eigenvalue weighted by Gasteiger charge is 2.13. The Labute approximate surface area is 194 Å². The normalized spacial score (nSPS) is 10.9. The number of aromatic nitrogens is 3. The van der Waals surface area contributed by atoms with Crippen molar-refractivity contribution >= 4 is 34.9 Å². The zero-order valence-electron chi connectivity index (χ0n) is 17.4. The third-order valence-corrected chi connectivity index (χ3v) is 5.54. The highest BCUT2D eigenvalue weighted by Crippen LogP contribution is 2.23. The van der Waals surface area contributed by atoms with Gasteiger partial charge in [-0.15, -0.1) is 0 Å². The van der Waals surface area contributed by atoms with Gasteiger partial charge in [-0.2, -0.15) is 5.10 Å². The fourth-order valence-electron chi connectivity index (χ4n) is 3.16. The first-order chi connectivity index (χ1) is 15.4. The molecular weight excluding hydrogens is 451 g/mol. The van der Waals surface area contributed by atoms with Crippen molar-refractivity contribution in [2.24, 2.45) is 0 Å². The summed E-state index contributed by atoms with van der Waals surface area (Å²) in [7, 11) is 0. The van der Waals surface area contributed by atoms with Crippen molar-refractivity contribution in [2.45, 2.75) is 27.0 Å². The molecule has 4 rings (SSSR count). The third-order valence-electron chi connectivity index (χ3n) is 4.95. The van der Waals surface area contributed by atoms with E-state index in [9.17, 15) is 4.79 Å². The second-order valence-corrected chi connectivity index (χ2v) is 8.03. The lowest BCUT2D eigenvalue weighted by atomic mass is 10.2. The molecular formula is C23H20Cl2N4O3. The van der Waals surface area contributed by atoms with Gasteiger partial charge in [-0.3, -0.25) is 4.79 Å². The summed E-state index contributed by atoms with van der Waals surface area (Å²) >= 11 is 12.2. The minimum atomic E-state index is -0.281. The van der Waals surface area contributed by atoms with Crippen LogP contribution >= 0.6 is 23.2 Å². The monoisotopic (exact) mass is 470 g/mol. The molecule has 32 heavy (non-hydrogen) atoms. The molecule has 1 amide bonds. The van der Waals surface area contributed by atoms with Crippen molar-refractivity contribution in [1.29, 1.82) is 0 Å². The number of nitrogens with one attached hydrogen (secondary N) is 1. The average Bonchev–Trinajstić information content (AvgIpc) is 3.34. The highest BCUT2D eigenvalue weighted by atomic mass is 35.5. The van der Waals surface area contributed by atoms with Crippen LogP contribution in [0.5, 0.6) is 5.75 Å². The lowest BCUT2D eigenvalue weighted by molar-refractivity contribution is 0.102. The molecule has 4 aromatic rings. The van der Waals surface area contributed by atoms with Gasteiger partial charge in [-0.25, -0.2) is 4.68 Å². The maximum absolute atomic E-state index is 12.8. The Balaban J connectivity index is 1.45. The van der Waals surface area contributed by atoms with E-state index in [-0.39, 0.29) is 5.91 Å². The maximum Gasteiger partial charge on any atom is 0.256 e. The van der Waals surface area contributed by atoms with E-state index in [1.165, 1.54) is 0 Å². The molecule has 0 atom stereocenters. The zero-order chi connectivity index (χ0) is 22.7. The van der Waals surface area contributed by atoms with E-state index in [2.05, 4.69) is 15.6 Å². The van der Waals surface area contributed by atoms with E-state index in [4.69, 9.17) is 32.5 Å². The van der Waals surface area contributed by atoms with Crippen LogP contribution in [0.4, 0.5) is 5.82 Å². The SMILES string of the molecule is Cc1noc(C)c1COc1cccc(C(=O)Nc2ccnn2Cc2ccc(Cl)cc2Cl)c1. The molecule has 0 saturated carbocycles. The Morgan fingerprint density at radius 1 is 1.16 bits per heavy atom. The van der Waals surface area contributed by atoms with Crippen molar-refractivity contribution in [1.82, 2.24) is 14.9 Å². The van der Waals surface area contributed by atoms with E-state index in [0.29, 0.717) is 46.1 Å². The minimum Gasteiger partial charge on any atom is -0.489 e. The predicted octanol–water partition coefficient (Wildman–Crippen LogP) is 5.67. The summed E-state index contributed by atoms with van der Waals surface area (Å²) in [6.07, 6.45) is 1.61. The number of aryl methyl sites for hydroxylation is 2. The summed E-state index contributed by atoms with van der Waals surface area (Å²) in [5.74, 6) is 1.55. The molecule has 0 fully saturated rings. The Hall–Kier alpha value is -3.29. The van der Waals surface area contributed by atoms with Crippen LogP contribution in [0.25, 0.3) is 0 Å². The lowest BCUT2D eigenvalue weighted by Crippen LogP contribution is -2.16. The lowest BCUT2D eigenvalue weighted by Gasteiger charge is -2.11. The van der Waals surface area contributed by atoms with Gasteiger partial charge in [0.15, 0.2) is 0 Å². The van der Waals surface area contributed by atoms with Gasteiger partial charge in [0.2, 0.25) is 0 Å². The number of nitrogens with zero attached hydrogens (tertiary/aromatic N) is 3. The first-order valence-corrected chi connectivity index (χ1v) is 10.6. The van der Waals surface area contributed by atoms with Crippen LogP contribution in [-0.2, 0) is 13.2 Å². The quantitative estimate of drug-likeness (QED) is 0.375. The minimum absolute atomic E-state index is 0.281. The zero-order valence-corrected chi connectivity index (χ0v) is 18.9. The molecule has 7 nitrogen and oxygen atoms in total. The van der Waals surface area contributed by atoms with Crippen LogP contribution in [0.1, 0.15) is 32.9 Å².